The normalized spacial score (nSPS) is 14.3. The third-order valence-electron chi connectivity index (χ3n) is 3.73. The quantitative estimate of drug-likeness (QED) is 0.404. The fourth-order valence-corrected chi connectivity index (χ4v) is 2.51. The highest BCUT2D eigenvalue weighted by molar-refractivity contribution is 5.95. The Hall–Kier alpha value is -2.44. The maximum atomic E-state index is 12.1. The van der Waals surface area contributed by atoms with Gasteiger partial charge in [-0.3, -0.25) is 4.79 Å². The first-order valence-corrected chi connectivity index (χ1v) is 9.63. The highest BCUT2D eigenvalue weighted by Crippen LogP contribution is 2.32. The number of nitrogens with one attached hydrogen (secondary N) is 3. The van der Waals surface area contributed by atoms with Gasteiger partial charge >= 0.3 is 0 Å². The van der Waals surface area contributed by atoms with Crippen LogP contribution in [0.2, 0.25) is 0 Å². The molecule has 0 aliphatic carbocycles. The van der Waals surface area contributed by atoms with Crippen molar-refractivity contribution >= 4 is 17.6 Å². The van der Waals surface area contributed by atoms with E-state index in [-0.39, 0.29) is 18.0 Å². The van der Waals surface area contributed by atoms with E-state index in [9.17, 15) is 4.79 Å². The van der Waals surface area contributed by atoms with Crippen molar-refractivity contribution in [3.63, 3.8) is 0 Å². The maximum absolute atomic E-state index is 12.1. The highest BCUT2D eigenvalue weighted by atomic mass is 16.5. The van der Waals surface area contributed by atoms with E-state index in [1.807, 2.05) is 39.0 Å². The number of unbranched alkanes of at least 4 members (excludes halogenated alkanes) is 1. The minimum atomic E-state index is -0.274. The number of anilines is 1. The van der Waals surface area contributed by atoms with Gasteiger partial charge in [-0.1, -0.05) is 13.3 Å². The van der Waals surface area contributed by atoms with E-state index in [4.69, 9.17) is 9.47 Å². The van der Waals surface area contributed by atoms with Gasteiger partial charge < -0.3 is 25.4 Å². The van der Waals surface area contributed by atoms with Crippen molar-refractivity contribution in [1.29, 1.82) is 0 Å². The largest absolute Gasteiger partial charge is 0.490 e. The van der Waals surface area contributed by atoms with Gasteiger partial charge in [0.25, 0.3) is 0 Å². The zero-order valence-corrected chi connectivity index (χ0v) is 16.9. The van der Waals surface area contributed by atoms with Crippen molar-refractivity contribution in [1.82, 2.24) is 10.6 Å². The van der Waals surface area contributed by atoms with Crippen LogP contribution in [-0.4, -0.2) is 43.7 Å². The number of ether oxygens (including phenoxy) is 2. The summed E-state index contributed by atoms with van der Waals surface area (Å²) in [7, 11) is 0. The summed E-state index contributed by atoms with van der Waals surface area (Å²) in [4.78, 5) is 16.5. The lowest BCUT2D eigenvalue weighted by Gasteiger charge is -2.20. The third-order valence-corrected chi connectivity index (χ3v) is 3.73. The van der Waals surface area contributed by atoms with Crippen molar-refractivity contribution in [3.05, 3.63) is 18.2 Å². The number of nitrogens with zero attached hydrogens (tertiary/aromatic N) is 1. The van der Waals surface area contributed by atoms with Crippen LogP contribution >= 0.6 is 0 Å². The first-order valence-electron chi connectivity index (χ1n) is 9.63. The number of aliphatic imine (C=N–C) groups is 1. The van der Waals surface area contributed by atoms with Crippen LogP contribution in [0.4, 0.5) is 5.69 Å². The predicted molar refractivity (Wildman–Crippen MR) is 109 cm³/mol. The number of amides is 1. The fraction of sp³-hybridized carbons (Fsp3) is 0.600. The molecule has 1 heterocycles. The van der Waals surface area contributed by atoms with Crippen molar-refractivity contribution in [2.24, 2.45) is 4.99 Å². The topological polar surface area (TPSA) is 84.0 Å². The Kier molecular flexibility index (Phi) is 7.76. The molecular formula is C20H32N4O3. The molecular weight excluding hydrogens is 344 g/mol. The van der Waals surface area contributed by atoms with Gasteiger partial charge in [-0.25, -0.2) is 4.99 Å². The second kappa shape index (κ2) is 10.0. The van der Waals surface area contributed by atoms with E-state index in [0.717, 1.165) is 43.0 Å². The molecule has 0 radical (unpaired) electrons. The molecule has 0 spiro atoms. The van der Waals surface area contributed by atoms with Crippen LogP contribution in [-0.2, 0) is 4.79 Å². The van der Waals surface area contributed by atoms with E-state index >= 15 is 0 Å². The summed E-state index contributed by atoms with van der Waals surface area (Å²) in [5, 5.41) is 9.43. The molecule has 0 saturated carbocycles. The van der Waals surface area contributed by atoms with Crippen LogP contribution < -0.4 is 25.4 Å². The SMILES string of the molecule is CCCCNC(=NCC(=O)NC(C)(C)C)Nc1ccc2c(c1)OCCCO2. The standard InChI is InChI=1S/C20H32N4O3/c1-5-6-10-21-19(22-14-18(25)24-20(2,3)4)23-15-8-9-16-17(13-15)27-12-7-11-26-16/h8-9,13H,5-7,10-12,14H2,1-4H3,(H,24,25)(H2,21,22,23). The number of guanidine groups is 1. The van der Waals surface area contributed by atoms with Crippen LogP contribution in [0.15, 0.2) is 23.2 Å². The summed E-state index contributed by atoms with van der Waals surface area (Å²) >= 11 is 0. The summed E-state index contributed by atoms with van der Waals surface area (Å²) in [6, 6.07) is 5.70. The Balaban J connectivity index is 2.06. The van der Waals surface area contributed by atoms with Crippen molar-refractivity contribution in [2.45, 2.75) is 52.5 Å². The van der Waals surface area contributed by atoms with E-state index in [1.165, 1.54) is 0 Å². The smallest absolute Gasteiger partial charge is 0.242 e. The molecule has 0 aromatic heterocycles. The van der Waals surface area contributed by atoms with Gasteiger partial charge in [0.05, 0.1) is 13.2 Å². The van der Waals surface area contributed by atoms with Gasteiger partial charge in [-0.15, -0.1) is 0 Å². The van der Waals surface area contributed by atoms with Gasteiger partial charge in [-0.2, -0.15) is 0 Å². The molecule has 0 atom stereocenters. The van der Waals surface area contributed by atoms with E-state index in [1.54, 1.807) is 0 Å². The van der Waals surface area contributed by atoms with E-state index in [2.05, 4.69) is 27.9 Å². The van der Waals surface area contributed by atoms with E-state index < -0.39 is 0 Å². The second-order valence-corrected chi connectivity index (χ2v) is 7.58. The molecule has 7 heteroatoms. The predicted octanol–water partition coefficient (Wildman–Crippen LogP) is 2.92. The molecule has 1 aromatic rings. The minimum absolute atomic E-state index is 0.0588. The molecule has 1 aliphatic heterocycles. The Morgan fingerprint density at radius 1 is 1.19 bits per heavy atom. The lowest BCUT2D eigenvalue weighted by Crippen LogP contribution is -2.42. The summed E-state index contributed by atoms with van der Waals surface area (Å²) < 4.78 is 11.4. The molecule has 1 aromatic carbocycles. The summed E-state index contributed by atoms with van der Waals surface area (Å²) in [6.07, 6.45) is 2.97. The number of hydrogen-bond donors (Lipinski definition) is 3. The summed E-state index contributed by atoms with van der Waals surface area (Å²) in [6.45, 7) is 10.1. The van der Waals surface area contributed by atoms with Crippen LogP contribution in [0.1, 0.15) is 47.0 Å². The molecule has 150 valence electrons. The molecule has 0 unspecified atom stereocenters. The number of benzene rings is 1. The van der Waals surface area contributed by atoms with Gasteiger partial charge in [0, 0.05) is 30.3 Å². The zero-order chi connectivity index (χ0) is 19.7. The van der Waals surface area contributed by atoms with Crippen molar-refractivity contribution in [2.75, 3.05) is 31.6 Å². The number of rotatable bonds is 6. The average Bonchev–Trinajstić information content (AvgIpc) is 2.83. The number of carbonyl (C=O) groups excluding carboxylic acids is 1. The molecule has 1 amide bonds. The molecule has 0 bridgehead atoms. The van der Waals surface area contributed by atoms with Gasteiger partial charge in [0.2, 0.25) is 5.91 Å². The highest BCUT2D eigenvalue weighted by Gasteiger charge is 2.14. The Bertz CT molecular complexity index is 653. The van der Waals surface area contributed by atoms with Crippen molar-refractivity contribution < 1.29 is 14.3 Å². The van der Waals surface area contributed by atoms with Crippen molar-refractivity contribution in [3.8, 4) is 11.5 Å². The molecule has 0 saturated heterocycles. The Morgan fingerprint density at radius 2 is 1.93 bits per heavy atom. The van der Waals surface area contributed by atoms with Crippen LogP contribution in [0.5, 0.6) is 11.5 Å². The summed E-state index contributed by atoms with van der Waals surface area (Å²) in [5.41, 5.74) is 0.558. The fourth-order valence-electron chi connectivity index (χ4n) is 2.51. The average molecular weight is 377 g/mol. The molecule has 27 heavy (non-hydrogen) atoms. The molecule has 1 aliphatic rings. The summed E-state index contributed by atoms with van der Waals surface area (Å²) in [5.74, 6) is 1.93. The third kappa shape index (κ3) is 7.76. The van der Waals surface area contributed by atoms with Crippen LogP contribution in [0.3, 0.4) is 0 Å². The zero-order valence-electron chi connectivity index (χ0n) is 16.9. The Morgan fingerprint density at radius 3 is 2.63 bits per heavy atom. The Labute approximate surface area is 161 Å². The molecule has 7 nitrogen and oxygen atoms in total. The maximum Gasteiger partial charge on any atom is 0.242 e. The molecule has 2 rings (SSSR count). The van der Waals surface area contributed by atoms with Gasteiger partial charge in [-0.05, 0) is 39.3 Å². The number of carbonyl (C=O) groups is 1. The van der Waals surface area contributed by atoms with E-state index in [0.29, 0.717) is 19.2 Å². The monoisotopic (exact) mass is 376 g/mol. The number of fused-ring (bicyclic) bond motifs is 1. The van der Waals surface area contributed by atoms with Gasteiger partial charge in [0.15, 0.2) is 17.5 Å². The van der Waals surface area contributed by atoms with Crippen LogP contribution in [0.25, 0.3) is 0 Å². The molecule has 0 fully saturated rings. The lowest BCUT2D eigenvalue weighted by molar-refractivity contribution is -0.121. The lowest BCUT2D eigenvalue weighted by atomic mass is 10.1. The first kappa shape index (κ1) is 20.9. The first-order chi connectivity index (χ1) is 12.9. The van der Waals surface area contributed by atoms with Crippen LogP contribution in [0, 0.1) is 0 Å². The van der Waals surface area contributed by atoms with Gasteiger partial charge in [0.1, 0.15) is 6.54 Å². The minimum Gasteiger partial charge on any atom is -0.490 e. The molecule has 3 N–H and O–H groups in total. The second-order valence-electron chi connectivity index (χ2n) is 7.58. The number of hydrogen-bond acceptors (Lipinski definition) is 4.